The van der Waals surface area contributed by atoms with Crippen molar-refractivity contribution < 1.29 is 31.9 Å². The van der Waals surface area contributed by atoms with Gasteiger partial charge in [-0.2, -0.15) is 13.2 Å². The first-order valence-corrected chi connectivity index (χ1v) is 11.1. The standard InChI is InChI=1S/C25H25F3N2O4/c1-16-23(17-5-9-19(10-6-17)25(26,27)28)30-24(34-16)18-7-11-20(12-8-18)33-15-22(31)29-14-21-4-2-3-13-32-21/h5-12,21H,2-4,13-15H2,1H3,(H,29,31). The number of hydrogen-bond acceptors (Lipinski definition) is 5. The number of halogens is 3. The third-order valence-electron chi connectivity index (χ3n) is 5.55. The number of nitrogens with one attached hydrogen (secondary N) is 1. The van der Waals surface area contributed by atoms with Gasteiger partial charge < -0.3 is 19.2 Å². The van der Waals surface area contributed by atoms with Crippen molar-refractivity contribution in [1.82, 2.24) is 10.3 Å². The van der Waals surface area contributed by atoms with Gasteiger partial charge in [0, 0.05) is 24.3 Å². The van der Waals surface area contributed by atoms with Crippen LogP contribution in [0, 0.1) is 6.92 Å². The molecule has 1 aromatic heterocycles. The molecule has 2 aromatic carbocycles. The molecule has 6 nitrogen and oxygen atoms in total. The van der Waals surface area contributed by atoms with Crippen LogP contribution >= 0.6 is 0 Å². The van der Waals surface area contributed by atoms with Gasteiger partial charge in [0.15, 0.2) is 6.61 Å². The van der Waals surface area contributed by atoms with Gasteiger partial charge >= 0.3 is 6.18 Å². The molecule has 1 amide bonds. The molecule has 1 aliphatic rings. The molecule has 180 valence electrons. The normalized spacial score (nSPS) is 16.3. The third-order valence-corrected chi connectivity index (χ3v) is 5.55. The van der Waals surface area contributed by atoms with Gasteiger partial charge in [-0.15, -0.1) is 0 Å². The largest absolute Gasteiger partial charge is 0.484 e. The Kier molecular flexibility index (Phi) is 7.21. The molecule has 0 aliphatic carbocycles. The van der Waals surface area contributed by atoms with E-state index in [9.17, 15) is 18.0 Å². The third kappa shape index (κ3) is 5.96. The smallest absolute Gasteiger partial charge is 0.416 e. The maximum Gasteiger partial charge on any atom is 0.416 e. The number of nitrogens with zero attached hydrogens (tertiary/aromatic N) is 1. The number of ether oxygens (including phenoxy) is 2. The average molecular weight is 474 g/mol. The molecular formula is C25H25F3N2O4. The fraction of sp³-hybridized carbons (Fsp3) is 0.360. The summed E-state index contributed by atoms with van der Waals surface area (Å²) in [5.41, 5.74) is 0.962. The first kappa shape index (κ1) is 23.8. The van der Waals surface area contributed by atoms with E-state index in [2.05, 4.69) is 10.3 Å². The quantitative estimate of drug-likeness (QED) is 0.496. The Labute approximate surface area is 195 Å². The zero-order valence-electron chi connectivity index (χ0n) is 18.7. The van der Waals surface area contributed by atoms with Crippen LogP contribution < -0.4 is 10.1 Å². The molecule has 0 spiro atoms. The Morgan fingerprint density at radius 1 is 1.09 bits per heavy atom. The molecule has 9 heteroatoms. The molecule has 1 N–H and O–H groups in total. The summed E-state index contributed by atoms with van der Waals surface area (Å²) in [6, 6.07) is 11.7. The van der Waals surface area contributed by atoms with Crippen LogP contribution in [0.15, 0.2) is 52.9 Å². The van der Waals surface area contributed by atoms with Crippen molar-refractivity contribution in [3.63, 3.8) is 0 Å². The summed E-state index contributed by atoms with van der Waals surface area (Å²) < 4.78 is 55.3. The minimum Gasteiger partial charge on any atom is -0.484 e. The maximum absolute atomic E-state index is 12.8. The number of aryl methyl sites for hydroxylation is 1. The van der Waals surface area contributed by atoms with Crippen molar-refractivity contribution >= 4 is 5.91 Å². The predicted molar refractivity (Wildman–Crippen MR) is 119 cm³/mol. The Bertz CT molecular complexity index is 1100. The number of rotatable bonds is 7. The Hall–Kier alpha value is -3.33. The van der Waals surface area contributed by atoms with Crippen molar-refractivity contribution in [1.29, 1.82) is 0 Å². The highest BCUT2D eigenvalue weighted by molar-refractivity contribution is 5.77. The summed E-state index contributed by atoms with van der Waals surface area (Å²) in [6.45, 7) is 2.81. The molecule has 1 saturated heterocycles. The monoisotopic (exact) mass is 474 g/mol. The number of carbonyl (C=O) groups is 1. The van der Waals surface area contributed by atoms with Crippen molar-refractivity contribution in [2.75, 3.05) is 19.8 Å². The zero-order valence-corrected chi connectivity index (χ0v) is 18.7. The first-order valence-electron chi connectivity index (χ1n) is 11.1. The van der Waals surface area contributed by atoms with E-state index < -0.39 is 11.7 Å². The van der Waals surface area contributed by atoms with Crippen LogP contribution in [0.1, 0.15) is 30.6 Å². The molecule has 1 aliphatic heterocycles. The summed E-state index contributed by atoms with van der Waals surface area (Å²) >= 11 is 0. The number of oxazole rings is 1. The fourth-order valence-electron chi connectivity index (χ4n) is 3.69. The van der Waals surface area contributed by atoms with Gasteiger partial charge in [0.05, 0.1) is 11.7 Å². The topological polar surface area (TPSA) is 73.6 Å². The van der Waals surface area contributed by atoms with E-state index in [-0.39, 0.29) is 18.6 Å². The molecular weight excluding hydrogens is 449 g/mol. The Morgan fingerprint density at radius 2 is 1.79 bits per heavy atom. The van der Waals surface area contributed by atoms with Crippen LogP contribution in [0.25, 0.3) is 22.7 Å². The number of benzene rings is 2. The number of alkyl halides is 3. The molecule has 0 saturated carbocycles. The molecule has 2 heterocycles. The lowest BCUT2D eigenvalue weighted by atomic mass is 10.1. The zero-order chi connectivity index (χ0) is 24.1. The lowest BCUT2D eigenvalue weighted by Crippen LogP contribution is -2.37. The summed E-state index contributed by atoms with van der Waals surface area (Å²) in [5, 5.41) is 2.82. The van der Waals surface area contributed by atoms with Crippen LogP contribution in [-0.4, -0.2) is 36.8 Å². The van der Waals surface area contributed by atoms with E-state index in [1.165, 1.54) is 12.1 Å². The van der Waals surface area contributed by atoms with E-state index in [1.807, 2.05) is 0 Å². The highest BCUT2D eigenvalue weighted by Gasteiger charge is 2.30. The second-order valence-corrected chi connectivity index (χ2v) is 8.10. The van der Waals surface area contributed by atoms with Crippen LogP contribution in [0.4, 0.5) is 13.2 Å². The molecule has 1 fully saturated rings. The summed E-state index contributed by atoms with van der Waals surface area (Å²) in [7, 11) is 0. The van der Waals surface area contributed by atoms with Gasteiger partial charge in [0.25, 0.3) is 5.91 Å². The van der Waals surface area contributed by atoms with Gasteiger partial charge in [-0.3, -0.25) is 4.79 Å². The second-order valence-electron chi connectivity index (χ2n) is 8.10. The van der Waals surface area contributed by atoms with E-state index in [0.29, 0.717) is 40.8 Å². The summed E-state index contributed by atoms with van der Waals surface area (Å²) in [6.07, 6.45) is -1.21. The average Bonchev–Trinajstić information content (AvgIpc) is 3.23. The van der Waals surface area contributed by atoms with Gasteiger partial charge in [0.1, 0.15) is 17.2 Å². The van der Waals surface area contributed by atoms with Gasteiger partial charge in [0.2, 0.25) is 5.89 Å². The van der Waals surface area contributed by atoms with Gasteiger partial charge in [-0.05, 0) is 62.6 Å². The van der Waals surface area contributed by atoms with E-state index in [0.717, 1.165) is 38.0 Å². The SMILES string of the molecule is Cc1oc(-c2ccc(OCC(=O)NCC3CCCCO3)cc2)nc1-c1ccc(C(F)(F)F)cc1. The van der Waals surface area contributed by atoms with Crippen LogP contribution in [0.3, 0.4) is 0 Å². The van der Waals surface area contributed by atoms with E-state index in [4.69, 9.17) is 13.9 Å². The molecule has 34 heavy (non-hydrogen) atoms. The van der Waals surface area contributed by atoms with Gasteiger partial charge in [-0.25, -0.2) is 4.98 Å². The second kappa shape index (κ2) is 10.3. The lowest BCUT2D eigenvalue weighted by molar-refractivity contribution is -0.137. The fourth-order valence-corrected chi connectivity index (χ4v) is 3.69. The van der Waals surface area contributed by atoms with E-state index in [1.54, 1.807) is 31.2 Å². The summed E-state index contributed by atoms with van der Waals surface area (Å²) in [5.74, 6) is 1.12. The maximum atomic E-state index is 12.8. The molecule has 0 bridgehead atoms. The minimum absolute atomic E-state index is 0.0636. The number of amides is 1. The van der Waals surface area contributed by atoms with Crippen molar-refractivity contribution in [2.24, 2.45) is 0 Å². The molecule has 3 aromatic rings. The molecule has 1 unspecified atom stereocenters. The summed E-state index contributed by atoms with van der Waals surface area (Å²) in [4.78, 5) is 16.5. The van der Waals surface area contributed by atoms with Crippen molar-refractivity contribution in [3.05, 3.63) is 59.9 Å². The first-order chi connectivity index (χ1) is 16.3. The van der Waals surface area contributed by atoms with Crippen LogP contribution in [-0.2, 0) is 15.7 Å². The molecule has 0 radical (unpaired) electrons. The van der Waals surface area contributed by atoms with E-state index >= 15 is 0 Å². The number of aromatic nitrogens is 1. The highest BCUT2D eigenvalue weighted by atomic mass is 19.4. The molecule has 1 atom stereocenters. The van der Waals surface area contributed by atoms with Crippen LogP contribution in [0.2, 0.25) is 0 Å². The van der Waals surface area contributed by atoms with Crippen molar-refractivity contribution in [3.8, 4) is 28.5 Å². The van der Waals surface area contributed by atoms with Crippen molar-refractivity contribution in [2.45, 2.75) is 38.5 Å². The lowest BCUT2D eigenvalue weighted by Gasteiger charge is -2.22. The van der Waals surface area contributed by atoms with Crippen LogP contribution in [0.5, 0.6) is 5.75 Å². The highest BCUT2D eigenvalue weighted by Crippen LogP contribution is 2.33. The minimum atomic E-state index is -4.39. The Morgan fingerprint density at radius 3 is 2.44 bits per heavy atom. The number of carbonyl (C=O) groups excluding carboxylic acids is 1. The number of hydrogen-bond donors (Lipinski definition) is 1. The Balaban J connectivity index is 1.34. The predicted octanol–water partition coefficient (Wildman–Crippen LogP) is 5.40. The van der Waals surface area contributed by atoms with Gasteiger partial charge in [-0.1, -0.05) is 12.1 Å². The molecule has 4 rings (SSSR count).